The van der Waals surface area contributed by atoms with E-state index < -0.39 is 46.8 Å². The average Bonchev–Trinajstić information content (AvgIpc) is 3.95. The number of fused-ring (bicyclic) bond motifs is 5. The number of rotatable bonds is 6. The van der Waals surface area contributed by atoms with Gasteiger partial charge in [-0.1, -0.05) is 40.9 Å². The van der Waals surface area contributed by atoms with Gasteiger partial charge in [-0.3, -0.25) is 28.8 Å². The topological polar surface area (TPSA) is 122 Å². The Morgan fingerprint density at radius 3 is 2.57 bits per heavy atom. The number of hydrogen-bond donors (Lipinski definition) is 1. The monoisotopic (exact) mass is 800 g/mol. The summed E-state index contributed by atoms with van der Waals surface area (Å²) in [5, 5.41) is 19.1. The molecule has 54 heavy (non-hydrogen) atoms. The lowest BCUT2D eigenvalue weighted by Gasteiger charge is -2.49. The Morgan fingerprint density at radius 2 is 1.83 bits per heavy atom. The molecule has 2 aliphatic heterocycles. The highest BCUT2D eigenvalue weighted by molar-refractivity contribution is 7.22. The quantitative estimate of drug-likeness (QED) is 0.136. The molecule has 2 aliphatic carbocycles. The summed E-state index contributed by atoms with van der Waals surface area (Å²) in [5.74, 6) is -4.42. The normalized spacial score (nSPS) is 26.4. The second-order valence-electron chi connectivity index (χ2n) is 14.8. The number of likely N-dealkylation sites (tertiary alicyclic amines) is 1. The SMILES string of the molecule is COc1cc(C2C3=CCC4C(=O)N(Cc5cccs5)C(=O)C4C3CC3C(=O)N(c4cc(-c5sc6ccc(Cl)cc6c5C)nn4C)C(=O)C32C)cc(Cl)c1O. The number of hydrogen-bond acceptors (Lipinski definition) is 9. The van der Waals surface area contributed by atoms with Crippen LogP contribution in [-0.2, 0) is 32.8 Å². The number of phenols is 1. The Labute approximate surface area is 328 Å². The molecular formula is C40H34Cl2N4O6S2. The van der Waals surface area contributed by atoms with E-state index in [4.69, 9.17) is 33.0 Å². The molecule has 4 aliphatic rings. The van der Waals surface area contributed by atoms with Gasteiger partial charge >= 0.3 is 0 Å². The number of nitrogens with zero attached hydrogens (tertiary/aromatic N) is 4. The molecule has 276 valence electrons. The second-order valence-corrected chi connectivity index (χ2v) is 17.7. The molecule has 4 amide bonds. The number of aromatic hydroxyl groups is 1. The minimum Gasteiger partial charge on any atom is -0.503 e. The number of halogens is 2. The minimum atomic E-state index is -1.32. The van der Waals surface area contributed by atoms with Crippen LogP contribution in [0, 0.1) is 36.0 Å². The molecular weight excluding hydrogens is 768 g/mol. The summed E-state index contributed by atoms with van der Waals surface area (Å²) >= 11 is 15.9. The average molecular weight is 802 g/mol. The maximum atomic E-state index is 15.1. The van der Waals surface area contributed by atoms with Crippen molar-refractivity contribution >= 4 is 85.4 Å². The zero-order chi connectivity index (χ0) is 38.0. The van der Waals surface area contributed by atoms with Crippen LogP contribution in [0.1, 0.15) is 41.7 Å². The Bertz CT molecular complexity index is 2490. The van der Waals surface area contributed by atoms with E-state index in [1.54, 1.807) is 48.2 Å². The van der Waals surface area contributed by atoms with Crippen LogP contribution in [0.4, 0.5) is 5.82 Å². The van der Waals surface area contributed by atoms with Gasteiger partial charge in [-0.2, -0.15) is 5.10 Å². The zero-order valence-corrected chi connectivity index (χ0v) is 32.8. The van der Waals surface area contributed by atoms with Crippen molar-refractivity contribution in [3.05, 3.63) is 91.6 Å². The Kier molecular flexibility index (Phi) is 8.17. The summed E-state index contributed by atoms with van der Waals surface area (Å²) < 4.78 is 8.10. The molecule has 0 spiro atoms. The van der Waals surface area contributed by atoms with Crippen molar-refractivity contribution in [2.45, 2.75) is 39.2 Å². The van der Waals surface area contributed by atoms with Crippen LogP contribution in [0.5, 0.6) is 11.5 Å². The van der Waals surface area contributed by atoms with Crippen LogP contribution in [0.15, 0.2) is 65.6 Å². The molecule has 3 aromatic heterocycles. The molecule has 0 bridgehead atoms. The summed E-state index contributed by atoms with van der Waals surface area (Å²) in [6.07, 6.45) is 2.51. The number of allylic oxidation sites excluding steroid dienone is 2. The van der Waals surface area contributed by atoms with Crippen LogP contribution >= 0.6 is 45.9 Å². The highest BCUT2D eigenvalue weighted by Gasteiger charge is 2.68. The zero-order valence-electron chi connectivity index (χ0n) is 29.6. The molecule has 9 rings (SSSR count). The van der Waals surface area contributed by atoms with Gasteiger partial charge < -0.3 is 9.84 Å². The summed E-state index contributed by atoms with van der Waals surface area (Å²) in [4.78, 5) is 62.6. The summed E-state index contributed by atoms with van der Waals surface area (Å²) in [6.45, 7) is 4.00. The summed E-state index contributed by atoms with van der Waals surface area (Å²) in [5.41, 5.74) is 1.67. The number of amides is 4. The second kappa shape index (κ2) is 12.5. The molecule has 0 radical (unpaired) electrons. The molecule has 3 fully saturated rings. The van der Waals surface area contributed by atoms with E-state index in [0.717, 1.165) is 31.0 Å². The maximum absolute atomic E-state index is 15.1. The van der Waals surface area contributed by atoms with Crippen LogP contribution < -0.4 is 9.64 Å². The van der Waals surface area contributed by atoms with Crippen LogP contribution in [0.25, 0.3) is 20.7 Å². The Balaban J connectivity index is 1.16. The number of carbonyl (C=O) groups is 4. The Morgan fingerprint density at radius 1 is 1.04 bits per heavy atom. The Hall–Kier alpha value is -4.49. The number of thiophene rings is 2. The van der Waals surface area contributed by atoms with Gasteiger partial charge in [-0.05, 0) is 90.9 Å². The lowest BCUT2D eigenvalue weighted by atomic mass is 9.51. The van der Waals surface area contributed by atoms with Crippen molar-refractivity contribution in [2.24, 2.45) is 36.1 Å². The number of aryl methyl sites for hydroxylation is 2. The van der Waals surface area contributed by atoms with Crippen LogP contribution in [0.2, 0.25) is 10.0 Å². The van der Waals surface area contributed by atoms with E-state index in [1.165, 1.54) is 28.2 Å². The van der Waals surface area contributed by atoms with Crippen molar-refractivity contribution in [2.75, 3.05) is 12.0 Å². The molecule has 5 aromatic rings. The lowest BCUT2D eigenvalue weighted by Crippen LogP contribution is -2.48. The third kappa shape index (κ3) is 4.92. The number of methoxy groups -OCH3 is 1. The van der Waals surface area contributed by atoms with Gasteiger partial charge in [-0.15, -0.1) is 22.7 Å². The molecule has 10 nitrogen and oxygen atoms in total. The van der Waals surface area contributed by atoms with E-state index in [9.17, 15) is 19.5 Å². The number of imide groups is 2. The molecule has 1 N–H and O–H groups in total. The fraction of sp³-hybridized carbons (Fsp3) is 0.325. The molecule has 2 aromatic carbocycles. The molecule has 6 unspecified atom stereocenters. The van der Waals surface area contributed by atoms with E-state index >= 15 is 4.79 Å². The van der Waals surface area contributed by atoms with Gasteiger partial charge in [0.15, 0.2) is 11.5 Å². The fourth-order valence-corrected chi connectivity index (χ4v) is 11.8. The maximum Gasteiger partial charge on any atom is 0.242 e. The largest absolute Gasteiger partial charge is 0.503 e. The van der Waals surface area contributed by atoms with Crippen LogP contribution in [-0.4, -0.2) is 50.5 Å². The van der Waals surface area contributed by atoms with Gasteiger partial charge in [0.25, 0.3) is 0 Å². The number of carbonyl (C=O) groups excluding carboxylic acids is 4. The van der Waals surface area contributed by atoms with Crippen molar-refractivity contribution < 1.29 is 29.0 Å². The standard InChI is InChI=1S/C40H34Cl2N4O6S2/c1-18-24-14-20(41)7-10-30(24)54-35(18)28-16-31(44(3)43-28)46-37(49)26-15-25-22(8-9-23-32(25)38(50)45(36(23)48)17-21-6-5-11-53-21)33(40(26,2)39(46)51)19-12-27(42)34(47)29(13-19)52-4/h5-8,10-14,16,23,25-26,32-33,47H,9,15,17H2,1-4H3. The summed E-state index contributed by atoms with van der Waals surface area (Å²) in [6, 6.07) is 14.5. The van der Waals surface area contributed by atoms with E-state index in [0.29, 0.717) is 28.5 Å². The molecule has 5 heterocycles. The predicted octanol–water partition coefficient (Wildman–Crippen LogP) is 8.12. The first-order valence-corrected chi connectivity index (χ1v) is 20.0. The van der Waals surface area contributed by atoms with Crippen molar-refractivity contribution in [1.82, 2.24) is 14.7 Å². The van der Waals surface area contributed by atoms with Gasteiger partial charge in [-0.25, -0.2) is 4.90 Å². The first-order chi connectivity index (χ1) is 25.8. The third-order valence-corrected chi connectivity index (χ3v) is 14.8. The number of anilines is 1. The van der Waals surface area contributed by atoms with Crippen molar-refractivity contribution in [1.29, 1.82) is 0 Å². The number of aromatic nitrogens is 2. The molecule has 14 heteroatoms. The smallest absolute Gasteiger partial charge is 0.242 e. The van der Waals surface area contributed by atoms with Gasteiger partial charge in [0.1, 0.15) is 11.5 Å². The first kappa shape index (κ1) is 35.2. The predicted molar refractivity (Wildman–Crippen MR) is 208 cm³/mol. The van der Waals surface area contributed by atoms with E-state index in [1.807, 2.05) is 48.7 Å². The lowest BCUT2D eigenvalue weighted by molar-refractivity contribution is -0.141. The van der Waals surface area contributed by atoms with Crippen LogP contribution in [0.3, 0.4) is 0 Å². The van der Waals surface area contributed by atoms with Gasteiger partial charge in [0, 0.05) is 33.6 Å². The number of benzene rings is 2. The summed E-state index contributed by atoms with van der Waals surface area (Å²) in [7, 11) is 3.13. The fourth-order valence-electron chi connectivity index (χ4n) is 9.52. The molecule has 1 saturated carbocycles. The minimum absolute atomic E-state index is 0.0278. The number of phenolic OH excluding ortho intramolecular Hbond substituents is 1. The first-order valence-electron chi connectivity index (χ1n) is 17.6. The van der Waals surface area contributed by atoms with Gasteiger partial charge in [0.2, 0.25) is 23.6 Å². The highest BCUT2D eigenvalue weighted by Crippen LogP contribution is 2.64. The molecule has 6 atom stereocenters. The van der Waals surface area contributed by atoms with Crippen molar-refractivity contribution in [3.8, 4) is 22.1 Å². The number of ether oxygens (including phenoxy) is 1. The molecule has 2 saturated heterocycles. The highest BCUT2D eigenvalue weighted by atomic mass is 35.5. The van der Waals surface area contributed by atoms with E-state index in [-0.39, 0.29) is 41.3 Å². The van der Waals surface area contributed by atoms with Gasteiger partial charge in [0.05, 0.1) is 46.7 Å². The van der Waals surface area contributed by atoms with E-state index in [2.05, 4.69) is 0 Å². The van der Waals surface area contributed by atoms with Crippen molar-refractivity contribution in [3.63, 3.8) is 0 Å². The third-order valence-electron chi connectivity index (χ3n) is 12.1.